The molecule has 2 heteroatoms. The molecule has 0 aliphatic heterocycles. The average molecular weight is 428 g/mol. The van der Waals surface area contributed by atoms with Crippen LogP contribution in [0, 0.1) is 0 Å². The first kappa shape index (κ1) is 20.6. The van der Waals surface area contributed by atoms with E-state index in [9.17, 15) is 0 Å². The van der Waals surface area contributed by atoms with Crippen LogP contribution in [0.4, 0.5) is 5.69 Å². The number of benzene rings is 5. The van der Waals surface area contributed by atoms with Crippen molar-refractivity contribution in [2.75, 3.05) is 12.8 Å². The summed E-state index contributed by atoms with van der Waals surface area (Å²) in [6.45, 7) is 0. The van der Waals surface area contributed by atoms with Crippen molar-refractivity contribution < 1.29 is 4.74 Å². The molecular formula is C31H25NO. The molecule has 5 aromatic rings. The van der Waals surface area contributed by atoms with Gasteiger partial charge in [0.1, 0.15) is 5.75 Å². The predicted octanol–water partition coefficient (Wildman–Crippen LogP) is 7.94. The Kier molecular flexibility index (Phi) is 5.65. The molecule has 160 valence electrons. The van der Waals surface area contributed by atoms with Crippen molar-refractivity contribution in [2.45, 2.75) is 0 Å². The standard InChI is InChI=1S/C31H25NO/c1-33-25-19-16-22(17-20-25)15-18-24-21-29(23-9-3-2-4-10-23)26-11-5-6-12-27(26)31(24)28-13-7-8-14-30(28)32/h2-21H,32H2,1H3/b18-15+. The van der Waals surface area contributed by atoms with E-state index in [0.29, 0.717) is 0 Å². The number of para-hydroxylation sites is 1. The van der Waals surface area contributed by atoms with Crippen LogP contribution in [0.2, 0.25) is 0 Å². The molecule has 0 unspecified atom stereocenters. The van der Waals surface area contributed by atoms with Gasteiger partial charge in [0.05, 0.1) is 7.11 Å². The largest absolute Gasteiger partial charge is 0.497 e. The maximum atomic E-state index is 6.46. The Labute approximate surface area is 194 Å². The summed E-state index contributed by atoms with van der Waals surface area (Å²) in [5.41, 5.74) is 14.1. The summed E-state index contributed by atoms with van der Waals surface area (Å²) in [6.07, 6.45) is 4.32. The number of nitrogen functional groups attached to an aromatic ring is 1. The van der Waals surface area contributed by atoms with Gasteiger partial charge in [-0.05, 0) is 62.9 Å². The van der Waals surface area contributed by atoms with Crippen LogP contribution in [0.5, 0.6) is 5.75 Å². The van der Waals surface area contributed by atoms with E-state index >= 15 is 0 Å². The quantitative estimate of drug-likeness (QED) is 0.228. The van der Waals surface area contributed by atoms with Gasteiger partial charge in [0, 0.05) is 11.3 Å². The Hall–Kier alpha value is -4.30. The summed E-state index contributed by atoms with van der Waals surface area (Å²) in [5, 5.41) is 2.40. The molecule has 0 spiro atoms. The number of rotatable bonds is 5. The Morgan fingerprint density at radius 1 is 0.636 bits per heavy atom. The highest BCUT2D eigenvalue weighted by molar-refractivity contribution is 6.09. The van der Waals surface area contributed by atoms with Gasteiger partial charge in [-0.15, -0.1) is 0 Å². The van der Waals surface area contributed by atoms with Crippen LogP contribution in [0.15, 0.2) is 109 Å². The maximum Gasteiger partial charge on any atom is 0.118 e. The number of ether oxygens (including phenoxy) is 1. The monoisotopic (exact) mass is 427 g/mol. The van der Waals surface area contributed by atoms with Crippen LogP contribution < -0.4 is 10.5 Å². The lowest BCUT2D eigenvalue weighted by Crippen LogP contribution is -1.94. The summed E-state index contributed by atoms with van der Waals surface area (Å²) in [5.74, 6) is 0.849. The third-order valence-corrected chi connectivity index (χ3v) is 5.96. The number of hydrogen-bond acceptors (Lipinski definition) is 2. The van der Waals surface area contributed by atoms with Gasteiger partial charge >= 0.3 is 0 Å². The molecule has 0 fully saturated rings. The number of nitrogens with two attached hydrogens (primary N) is 1. The van der Waals surface area contributed by atoms with Crippen molar-refractivity contribution in [3.05, 3.63) is 120 Å². The van der Waals surface area contributed by atoms with E-state index in [2.05, 4.69) is 91.0 Å². The van der Waals surface area contributed by atoms with Gasteiger partial charge in [-0.25, -0.2) is 0 Å². The lowest BCUT2D eigenvalue weighted by molar-refractivity contribution is 0.415. The molecule has 0 heterocycles. The van der Waals surface area contributed by atoms with Gasteiger partial charge < -0.3 is 10.5 Å². The summed E-state index contributed by atoms with van der Waals surface area (Å²) in [7, 11) is 1.68. The molecular weight excluding hydrogens is 402 g/mol. The van der Waals surface area contributed by atoms with E-state index in [1.54, 1.807) is 7.11 Å². The molecule has 2 N–H and O–H groups in total. The Morgan fingerprint density at radius 2 is 1.30 bits per heavy atom. The second-order valence-electron chi connectivity index (χ2n) is 7.99. The Balaban J connectivity index is 1.77. The lowest BCUT2D eigenvalue weighted by atomic mass is 9.87. The van der Waals surface area contributed by atoms with Crippen LogP contribution in [0.1, 0.15) is 11.1 Å². The van der Waals surface area contributed by atoms with Crippen molar-refractivity contribution in [1.82, 2.24) is 0 Å². The first-order valence-corrected chi connectivity index (χ1v) is 11.0. The highest BCUT2D eigenvalue weighted by Crippen LogP contribution is 2.41. The van der Waals surface area contributed by atoms with E-state index in [1.165, 1.54) is 21.9 Å². The second kappa shape index (κ2) is 9.05. The van der Waals surface area contributed by atoms with Gasteiger partial charge in [-0.2, -0.15) is 0 Å². The zero-order chi connectivity index (χ0) is 22.6. The molecule has 5 aromatic carbocycles. The van der Waals surface area contributed by atoms with Crippen LogP contribution in [-0.2, 0) is 0 Å². The molecule has 2 nitrogen and oxygen atoms in total. The fourth-order valence-electron chi connectivity index (χ4n) is 4.31. The summed E-state index contributed by atoms with van der Waals surface area (Å²) in [6, 6.07) is 37.6. The normalized spacial score (nSPS) is 11.2. The topological polar surface area (TPSA) is 35.2 Å². The number of hydrogen-bond donors (Lipinski definition) is 1. The zero-order valence-corrected chi connectivity index (χ0v) is 18.5. The molecule has 0 radical (unpaired) electrons. The average Bonchev–Trinajstić information content (AvgIpc) is 2.88. The maximum absolute atomic E-state index is 6.46. The highest BCUT2D eigenvalue weighted by Gasteiger charge is 2.15. The van der Waals surface area contributed by atoms with Crippen molar-refractivity contribution in [2.24, 2.45) is 0 Å². The second-order valence-corrected chi connectivity index (χ2v) is 7.99. The summed E-state index contributed by atoms with van der Waals surface area (Å²) in [4.78, 5) is 0. The predicted molar refractivity (Wildman–Crippen MR) is 141 cm³/mol. The van der Waals surface area contributed by atoms with Gasteiger partial charge in [-0.1, -0.05) is 97.1 Å². The van der Waals surface area contributed by atoms with Crippen molar-refractivity contribution in [3.63, 3.8) is 0 Å². The minimum absolute atomic E-state index is 0.772. The summed E-state index contributed by atoms with van der Waals surface area (Å²) >= 11 is 0. The number of anilines is 1. The van der Waals surface area contributed by atoms with Crippen molar-refractivity contribution in [1.29, 1.82) is 0 Å². The third-order valence-electron chi connectivity index (χ3n) is 5.96. The molecule has 0 atom stereocenters. The molecule has 0 bridgehead atoms. The van der Waals surface area contributed by atoms with E-state index in [0.717, 1.165) is 33.7 Å². The molecule has 0 saturated heterocycles. The van der Waals surface area contributed by atoms with Crippen molar-refractivity contribution in [3.8, 4) is 28.0 Å². The Bertz CT molecular complexity index is 1430. The molecule has 5 rings (SSSR count). The molecule has 0 aliphatic carbocycles. The third kappa shape index (κ3) is 4.11. The fraction of sp³-hybridized carbons (Fsp3) is 0.0323. The molecule has 0 saturated carbocycles. The minimum atomic E-state index is 0.772. The SMILES string of the molecule is COc1ccc(/C=C/c2cc(-c3ccccc3)c3ccccc3c2-c2ccccc2N)cc1. The molecule has 33 heavy (non-hydrogen) atoms. The fourth-order valence-corrected chi connectivity index (χ4v) is 4.31. The van der Waals surface area contributed by atoms with E-state index in [-0.39, 0.29) is 0 Å². The molecule has 0 aliphatic rings. The van der Waals surface area contributed by atoms with Gasteiger partial charge in [0.25, 0.3) is 0 Å². The Morgan fingerprint density at radius 3 is 2.03 bits per heavy atom. The summed E-state index contributed by atoms with van der Waals surface area (Å²) < 4.78 is 5.30. The lowest BCUT2D eigenvalue weighted by Gasteiger charge is -2.17. The van der Waals surface area contributed by atoms with Gasteiger partial charge in [0.15, 0.2) is 0 Å². The van der Waals surface area contributed by atoms with E-state index in [1.807, 2.05) is 30.3 Å². The van der Waals surface area contributed by atoms with E-state index in [4.69, 9.17) is 10.5 Å². The molecule has 0 amide bonds. The first-order chi connectivity index (χ1) is 16.2. The minimum Gasteiger partial charge on any atom is -0.497 e. The van der Waals surface area contributed by atoms with Crippen LogP contribution in [0.25, 0.3) is 45.2 Å². The van der Waals surface area contributed by atoms with Crippen LogP contribution in [-0.4, -0.2) is 7.11 Å². The van der Waals surface area contributed by atoms with E-state index < -0.39 is 0 Å². The number of fused-ring (bicyclic) bond motifs is 1. The van der Waals surface area contributed by atoms with Crippen molar-refractivity contribution >= 4 is 28.6 Å². The smallest absolute Gasteiger partial charge is 0.118 e. The number of methoxy groups -OCH3 is 1. The van der Waals surface area contributed by atoms with Crippen LogP contribution in [0.3, 0.4) is 0 Å². The van der Waals surface area contributed by atoms with Gasteiger partial charge in [-0.3, -0.25) is 0 Å². The van der Waals surface area contributed by atoms with Crippen LogP contribution >= 0.6 is 0 Å². The molecule has 0 aromatic heterocycles. The van der Waals surface area contributed by atoms with Gasteiger partial charge in [0.2, 0.25) is 0 Å². The first-order valence-electron chi connectivity index (χ1n) is 11.0. The zero-order valence-electron chi connectivity index (χ0n) is 18.5. The highest BCUT2D eigenvalue weighted by atomic mass is 16.5.